The highest BCUT2D eigenvalue weighted by molar-refractivity contribution is 5.70. The molecule has 0 bridgehead atoms. The molecule has 5 heteroatoms. The van der Waals surface area contributed by atoms with Gasteiger partial charge in [0, 0.05) is 13.1 Å². The molecule has 1 fully saturated rings. The van der Waals surface area contributed by atoms with Crippen LogP contribution in [-0.2, 0) is 16.1 Å². The molecule has 0 aromatic heterocycles. The Hall–Kier alpha value is -1.59. The molecule has 0 unspecified atom stereocenters. The Morgan fingerprint density at radius 3 is 2.59 bits per heavy atom. The van der Waals surface area contributed by atoms with Crippen LogP contribution in [0.15, 0.2) is 24.3 Å². The second-order valence-electron chi connectivity index (χ2n) is 5.90. The zero-order valence-corrected chi connectivity index (χ0v) is 13.5. The van der Waals surface area contributed by atoms with Crippen molar-refractivity contribution < 1.29 is 14.3 Å². The Balaban J connectivity index is 1.76. The van der Waals surface area contributed by atoms with Crippen LogP contribution < -0.4 is 10.1 Å². The molecular formula is C17H26N2O3. The first kappa shape index (κ1) is 16.8. The average Bonchev–Trinajstić information content (AvgIpc) is 2.54. The Kier molecular flexibility index (Phi) is 6.68. The van der Waals surface area contributed by atoms with E-state index in [1.807, 2.05) is 24.3 Å². The summed E-state index contributed by atoms with van der Waals surface area (Å²) in [6.45, 7) is 4.31. The molecule has 122 valence electrons. The number of nitrogens with one attached hydrogen (secondary N) is 1. The average molecular weight is 306 g/mol. The van der Waals surface area contributed by atoms with E-state index in [2.05, 4.69) is 22.0 Å². The number of carbonyl (C=O) groups excluding carboxylic acids is 1. The van der Waals surface area contributed by atoms with Gasteiger partial charge in [0.1, 0.15) is 5.75 Å². The van der Waals surface area contributed by atoms with Crippen LogP contribution in [0.4, 0.5) is 0 Å². The van der Waals surface area contributed by atoms with Gasteiger partial charge in [-0.2, -0.15) is 0 Å². The highest BCUT2D eigenvalue weighted by Crippen LogP contribution is 2.16. The summed E-state index contributed by atoms with van der Waals surface area (Å²) in [5.41, 5.74) is 1.25. The van der Waals surface area contributed by atoms with Crippen molar-refractivity contribution in [3.05, 3.63) is 29.8 Å². The smallest absolute Gasteiger partial charge is 0.343 e. The van der Waals surface area contributed by atoms with Gasteiger partial charge in [0.15, 0.2) is 6.61 Å². The van der Waals surface area contributed by atoms with Crippen LogP contribution in [0.2, 0.25) is 0 Å². The number of piperidine rings is 1. The molecule has 1 aromatic carbocycles. The third-order valence-electron chi connectivity index (χ3n) is 3.99. The van der Waals surface area contributed by atoms with E-state index < -0.39 is 0 Å². The van der Waals surface area contributed by atoms with Crippen molar-refractivity contribution in [2.24, 2.45) is 5.92 Å². The highest BCUT2D eigenvalue weighted by Gasteiger charge is 2.15. The minimum absolute atomic E-state index is 0.0501. The first-order chi connectivity index (χ1) is 10.7. The second kappa shape index (κ2) is 8.76. The van der Waals surface area contributed by atoms with Gasteiger partial charge in [0.2, 0.25) is 0 Å². The summed E-state index contributed by atoms with van der Waals surface area (Å²) in [4.78, 5) is 13.4. The molecule has 0 amide bonds. The van der Waals surface area contributed by atoms with E-state index in [1.54, 1.807) is 0 Å². The van der Waals surface area contributed by atoms with Crippen LogP contribution in [0.5, 0.6) is 5.75 Å². The SMILES string of the molecule is COC(=O)COc1ccc(CN(C)CC2CCNCC2)cc1. The van der Waals surface area contributed by atoms with Crippen molar-refractivity contribution in [1.82, 2.24) is 10.2 Å². The van der Waals surface area contributed by atoms with Crippen molar-refractivity contribution in [2.45, 2.75) is 19.4 Å². The lowest BCUT2D eigenvalue weighted by molar-refractivity contribution is -0.142. The lowest BCUT2D eigenvalue weighted by atomic mass is 9.97. The third kappa shape index (κ3) is 5.66. The maximum atomic E-state index is 11.0. The van der Waals surface area contributed by atoms with Crippen LogP contribution in [-0.4, -0.2) is 51.3 Å². The summed E-state index contributed by atoms with van der Waals surface area (Å²) in [5.74, 6) is 1.12. The van der Waals surface area contributed by atoms with Gasteiger partial charge in [0.25, 0.3) is 0 Å². The molecule has 1 N–H and O–H groups in total. The minimum Gasteiger partial charge on any atom is -0.482 e. The molecule has 1 heterocycles. The van der Waals surface area contributed by atoms with E-state index in [4.69, 9.17) is 4.74 Å². The highest BCUT2D eigenvalue weighted by atomic mass is 16.6. The van der Waals surface area contributed by atoms with Crippen LogP contribution >= 0.6 is 0 Å². The number of benzene rings is 1. The fourth-order valence-corrected chi connectivity index (χ4v) is 2.77. The number of hydrogen-bond donors (Lipinski definition) is 1. The molecular weight excluding hydrogens is 280 g/mol. The molecule has 2 rings (SSSR count). The standard InChI is InChI=1S/C17H26N2O3/c1-19(12-15-7-9-18-10-8-15)11-14-3-5-16(6-4-14)22-13-17(20)21-2/h3-6,15,18H,7-13H2,1-2H3. The number of carbonyl (C=O) groups is 1. The van der Waals surface area contributed by atoms with Gasteiger partial charge in [-0.25, -0.2) is 4.79 Å². The van der Waals surface area contributed by atoms with Crippen molar-refractivity contribution >= 4 is 5.97 Å². The largest absolute Gasteiger partial charge is 0.482 e. The Labute approximate surface area is 132 Å². The number of nitrogens with zero attached hydrogens (tertiary/aromatic N) is 1. The van der Waals surface area contributed by atoms with Crippen molar-refractivity contribution in [3.8, 4) is 5.75 Å². The number of hydrogen-bond acceptors (Lipinski definition) is 5. The molecule has 1 saturated heterocycles. The van der Waals surface area contributed by atoms with Gasteiger partial charge < -0.3 is 19.7 Å². The van der Waals surface area contributed by atoms with E-state index in [-0.39, 0.29) is 12.6 Å². The summed E-state index contributed by atoms with van der Waals surface area (Å²) in [5, 5.41) is 3.40. The van der Waals surface area contributed by atoms with Crippen LogP contribution in [0.25, 0.3) is 0 Å². The quantitative estimate of drug-likeness (QED) is 0.777. The van der Waals surface area contributed by atoms with Crippen LogP contribution in [0.3, 0.4) is 0 Å². The monoisotopic (exact) mass is 306 g/mol. The lowest BCUT2D eigenvalue weighted by Crippen LogP contribution is -2.34. The second-order valence-corrected chi connectivity index (χ2v) is 5.90. The van der Waals surface area contributed by atoms with Gasteiger partial charge in [0.05, 0.1) is 7.11 Å². The Bertz CT molecular complexity index is 455. The zero-order valence-electron chi connectivity index (χ0n) is 13.5. The summed E-state index contributed by atoms with van der Waals surface area (Å²) < 4.78 is 9.89. The van der Waals surface area contributed by atoms with Gasteiger partial charge in [-0.1, -0.05) is 12.1 Å². The summed E-state index contributed by atoms with van der Waals surface area (Å²) >= 11 is 0. The predicted molar refractivity (Wildman–Crippen MR) is 85.9 cm³/mol. The fourth-order valence-electron chi connectivity index (χ4n) is 2.77. The van der Waals surface area contributed by atoms with E-state index in [0.717, 1.165) is 32.1 Å². The van der Waals surface area contributed by atoms with E-state index in [0.29, 0.717) is 5.75 Å². The minimum atomic E-state index is -0.370. The lowest BCUT2D eigenvalue weighted by Gasteiger charge is -2.27. The molecule has 22 heavy (non-hydrogen) atoms. The van der Waals surface area contributed by atoms with E-state index >= 15 is 0 Å². The van der Waals surface area contributed by atoms with Gasteiger partial charge >= 0.3 is 5.97 Å². The zero-order chi connectivity index (χ0) is 15.8. The fraction of sp³-hybridized carbons (Fsp3) is 0.588. The van der Waals surface area contributed by atoms with E-state index in [9.17, 15) is 4.79 Å². The topological polar surface area (TPSA) is 50.8 Å². The van der Waals surface area contributed by atoms with Crippen molar-refractivity contribution in [2.75, 3.05) is 40.4 Å². The van der Waals surface area contributed by atoms with Crippen LogP contribution in [0, 0.1) is 5.92 Å². The number of methoxy groups -OCH3 is 1. The van der Waals surface area contributed by atoms with Gasteiger partial charge in [-0.15, -0.1) is 0 Å². The Morgan fingerprint density at radius 1 is 1.27 bits per heavy atom. The van der Waals surface area contributed by atoms with E-state index in [1.165, 1.54) is 25.5 Å². The third-order valence-corrected chi connectivity index (χ3v) is 3.99. The van der Waals surface area contributed by atoms with Crippen molar-refractivity contribution in [1.29, 1.82) is 0 Å². The van der Waals surface area contributed by atoms with Gasteiger partial charge in [-0.05, 0) is 56.6 Å². The molecule has 1 aromatic rings. The normalized spacial score (nSPS) is 15.8. The summed E-state index contributed by atoms with van der Waals surface area (Å²) in [7, 11) is 3.52. The molecule has 0 spiro atoms. The molecule has 0 saturated carbocycles. The molecule has 5 nitrogen and oxygen atoms in total. The summed E-state index contributed by atoms with van der Waals surface area (Å²) in [6, 6.07) is 7.89. The molecule has 0 atom stereocenters. The summed E-state index contributed by atoms with van der Waals surface area (Å²) in [6.07, 6.45) is 2.54. The number of ether oxygens (including phenoxy) is 2. The molecule has 0 radical (unpaired) electrons. The maximum absolute atomic E-state index is 11.0. The first-order valence-corrected chi connectivity index (χ1v) is 7.85. The number of esters is 1. The Morgan fingerprint density at radius 2 is 1.95 bits per heavy atom. The molecule has 1 aliphatic rings. The predicted octanol–water partition coefficient (Wildman–Crippen LogP) is 1.67. The molecule has 1 aliphatic heterocycles. The molecule has 0 aliphatic carbocycles. The van der Waals surface area contributed by atoms with Gasteiger partial charge in [-0.3, -0.25) is 0 Å². The van der Waals surface area contributed by atoms with Crippen molar-refractivity contribution in [3.63, 3.8) is 0 Å². The first-order valence-electron chi connectivity index (χ1n) is 7.85. The van der Waals surface area contributed by atoms with Crippen LogP contribution in [0.1, 0.15) is 18.4 Å². The number of rotatable bonds is 7. The maximum Gasteiger partial charge on any atom is 0.343 e.